The second-order valence-electron chi connectivity index (χ2n) is 4.57. The highest BCUT2D eigenvalue weighted by Gasteiger charge is 2.44. The summed E-state index contributed by atoms with van der Waals surface area (Å²) in [6.45, 7) is 4.30. The van der Waals surface area contributed by atoms with Crippen LogP contribution in [0.3, 0.4) is 0 Å². The molecule has 1 unspecified atom stereocenters. The molecule has 17 heavy (non-hydrogen) atoms. The predicted molar refractivity (Wildman–Crippen MR) is 48.4 cm³/mol. The molecule has 0 bridgehead atoms. The molecule has 0 saturated carbocycles. The molecule has 0 spiro atoms. The summed E-state index contributed by atoms with van der Waals surface area (Å²) >= 11 is 0. The zero-order valence-electron chi connectivity index (χ0n) is 9.26. The van der Waals surface area contributed by atoms with Crippen molar-refractivity contribution in [3.63, 3.8) is 0 Å². The average Bonchev–Trinajstić information content (AvgIpc) is 2.53. The van der Waals surface area contributed by atoms with Gasteiger partial charge in [-0.25, -0.2) is 19.4 Å². The van der Waals surface area contributed by atoms with Crippen LogP contribution in [0.2, 0.25) is 0 Å². The molecular formula is C9H12F3NO4. The van der Waals surface area contributed by atoms with Crippen LogP contribution in [0.4, 0.5) is 13.2 Å². The van der Waals surface area contributed by atoms with Crippen LogP contribution in [-0.4, -0.2) is 30.7 Å². The van der Waals surface area contributed by atoms with Crippen LogP contribution in [0.15, 0.2) is 0 Å². The fraction of sp³-hybridized carbons (Fsp3) is 0.778. The van der Waals surface area contributed by atoms with Crippen molar-refractivity contribution in [2.75, 3.05) is 6.54 Å². The molecule has 1 fully saturated rings. The van der Waals surface area contributed by atoms with Crippen molar-refractivity contribution in [1.82, 2.24) is 5.32 Å². The predicted octanol–water partition coefficient (Wildman–Crippen LogP) is 0.938. The molecule has 98 valence electrons. The van der Waals surface area contributed by atoms with E-state index < -0.39 is 24.2 Å². The lowest BCUT2D eigenvalue weighted by molar-refractivity contribution is -0.286. The van der Waals surface area contributed by atoms with E-state index in [0.29, 0.717) is 13.0 Å². The van der Waals surface area contributed by atoms with Crippen LogP contribution < -0.4 is 5.32 Å². The molecule has 1 aliphatic heterocycles. The Bertz CT molecular complexity index is 327. The van der Waals surface area contributed by atoms with Crippen LogP contribution in [0.25, 0.3) is 0 Å². The van der Waals surface area contributed by atoms with Crippen LogP contribution in [0.5, 0.6) is 0 Å². The number of alkyl halides is 3. The third-order valence-electron chi connectivity index (χ3n) is 2.30. The van der Waals surface area contributed by atoms with E-state index in [1.54, 1.807) is 0 Å². The zero-order valence-corrected chi connectivity index (χ0v) is 9.26. The number of hydrogen-bond acceptors (Lipinski definition) is 5. The van der Waals surface area contributed by atoms with Crippen LogP contribution in [-0.2, 0) is 19.4 Å². The third kappa shape index (κ3) is 3.88. The lowest BCUT2D eigenvalue weighted by atomic mass is 9.91. The highest BCUT2D eigenvalue weighted by atomic mass is 19.4. The van der Waals surface area contributed by atoms with Gasteiger partial charge in [-0.1, -0.05) is 13.8 Å². The summed E-state index contributed by atoms with van der Waals surface area (Å²) in [6.07, 6.45) is -4.78. The molecule has 1 N–H and O–H groups in total. The number of halogens is 3. The van der Waals surface area contributed by atoms with E-state index >= 15 is 0 Å². The minimum absolute atomic E-state index is 0.155. The van der Waals surface area contributed by atoms with Gasteiger partial charge in [0.25, 0.3) is 0 Å². The lowest BCUT2D eigenvalue weighted by Crippen LogP contribution is -2.34. The average molecular weight is 255 g/mol. The van der Waals surface area contributed by atoms with Crippen molar-refractivity contribution in [2.45, 2.75) is 32.5 Å². The molecule has 0 aromatic heterocycles. The largest absolute Gasteiger partial charge is 0.495 e. The van der Waals surface area contributed by atoms with Crippen molar-refractivity contribution in [3.05, 3.63) is 0 Å². The second-order valence-corrected chi connectivity index (χ2v) is 4.57. The fourth-order valence-corrected chi connectivity index (χ4v) is 1.45. The Morgan fingerprint density at radius 2 is 1.88 bits per heavy atom. The van der Waals surface area contributed by atoms with E-state index in [4.69, 9.17) is 0 Å². The maximum Gasteiger partial charge on any atom is 0.495 e. The summed E-state index contributed by atoms with van der Waals surface area (Å²) in [6, 6.07) is -0.758. The van der Waals surface area contributed by atoms with Gasteiger partial charge in [0.2, 0.25) is 0 Å². The molecule has 0 aliphatic carbocycles. The number of rotatable bonds is 1. The second kappa shape index (κ2) is 4.52. The van der Waals surface area contributed by atoms with Gasteiger partial charge < -0.3 is 5.32 Å². The maximum absolute atomic E-state index is 11.7. The minimum Gasteiger partial charge on any atom is -0.304 e. The molecule has 1 heterocycles. The number of nitrogens with one attached hydrogen (secondary N) is 1. The summed E-state index contributed by atoms with van der Waals surface area (Å²) in [5, 5.41) is 2.76. The standard InChI is InChI=1S/C9H12F3NO4/c1-8(2)3-5(13-4-8)6(14)16-17-7(15)9(10,11)12/h5,13H,3-4H2,1-2H3. The van der Waals surface area contributed by atoms with E-state index in [9.17, 15) is 22.8 Å². The van der Waals surface area contributed by atoms with Gasteiger partial charge in [0.05, 0.1) is 0 Å². The Morgan fingerprint density at radius 1 is 1.29 bits per heavy atom. The molecule has 0 amide bonds. The van der Waals surface area contributed by atoms with Crippen molar-refractivity contribution in [2.24, 2.45) is 5.41 Å². The first kappa shape index (κ1) is 13.8. The molecule has 0 aromatic rings. The molecule has 5 nitrogen and oxygen atoms in total. The quantitative estimate of drug-likeness (QED) is 0.558. The topological polar surface area (TPSA) is 64.6 Å². The van der Waals surface area contributed by atoms with Gasteiger partial charge in [-0.05, 0) is 11.8 Å². The lowest BCUT2D eigenvalue weighted by Gasteiger charge is -2.14. The molecule has 1 saturated heterocycles. The van der Waals surface area contributed by atoms with Crippen molar-refractivity contribution >= 4 is 11.9 Å². The zero-order chi connectivity index (χ0) is 13.3. The van der Waals surface area contributed by atoms with Gasteiger partial charge in [-0.15, -0.1) is 0 Å². The first-order valence-electron chi connectivity index (χ1n) is 4.85. The Hall–Kier alpha value is -1.31. The summed E-state index contributed by atoms with van der Waals surface area (Å²) < 4.78 is 35.2. The SMILES string of the molecule is CC1(C)CNC(C(=O)OOC(=O)C(F)(F)F)C1. The number of carbonyl (C=O) groups excluding carboxylic acids is 2. The Labute approximate surface area is 95.2 Å². The van der Waals surface area contributed by atoms with Crippen LogP contribution in [0.1, 0.15) is 20.3 Å². The number of hydrogen-bond donors (Lipinski definition) is 1. The maximum atomic E-state index is 11.7. The van der Waals surface area contributed by atoms with Crippen LogP contribution >= 0.6 is 0 Å². The smallest absolute Gasteiger partial charge is 0.304 e. The van der Waals surface area contributed by atoms with Crippen molar-refractivity contribution < 1.29 is 32.5 Å². The van der Waals surface area contributed by atoms with E-state index in [1.807, 2.05) is 13.8 Å². The van der Waals surface area contributed by atoms with Gasteiger partial charge in [-0.3, -0.25) is 0 Å². The Kier molecular flexibility index (Phi) is 3.65. The molecule has 0 aromatic carbocycles. The summed E-state index contributed by atoms with van der Waals surface area (Å²) in [4.78, 5) is 28.7. The highest BCUT2D eigenvalue weighted by molar-refractivity contribution is 5.79. The van der Waals surface area contributed by atoms with Gasteiger partial charge in [0.15, 0.2) is 0 Å². The summed E-state index contributed by atoms with van der Waals surface area (Å²) in [5.41, 5.74) is -0.155. The molecule has 0 radical (unpaired) electrons. The Morgan fingerprint density at radius 3 is 2.29 bits per heavy atom. The third-order valence-corrected chi connectivity index (χ3v) is 2.30. The highest BCUT2D eigenvalue weighted by Crippen LogP contribution is 2.27. The molecule has 1 atom stereocenters. The van der Waals surface area contributed by atoms with Crippen molar-refractivity contribution in [3.8, 4) is 0 Å². The normalized spacial score (nSPS) is 23.2. The van der Waals surface area contributed by atoms with E-state index in [-0.39, 0.29) is 5.41 Å². The van der Waals surface area contributed by atoms with Gasteiger partial charge in [-0.2, -0.15) is 13.2 Å². The van der Waals surface area contributed by atoms with Gasteiger partial charge >= 0.3 is 18.1 Å². The van der Waals surface area contributed by atoms with Gasteiger partial charge in [0.1, 0.15) is 6.04 Å². The first-order chi connectivity index (χ1) is 7.62. The minimum atomic E-state index is -5.18. The molecular weight excluding hydrogens is 243 g/mol. The monoisotopic (exact) mass is 255 g/mol. The molecule has 8 heteroatoms. The summed E-state index contributed by atoms with van der Waals surface area (Å²) in [5.74, 6) is -3.59. The molecule has 1 rings (SSSR count). The fourth-order valence-electron chi connectivity index (χ4n) is 1.45. The molecule has 1 aliphatic rings. The van der Waals surface area contributed by atoms with E-state index in [2.05, 4.69) is 15.1 Å². The van der Waals surface area contributed by atoms with Crippen molar-refractivity contribution in [1.29, 1.82) is 0 Å². The number of carbonyl (C=O) groups is 2. The van der Waals surface area contributed by atoms with Crippen LogP contribution in [0, 0.1) is 5.41 Å². The van der Waals surface area contributed by atoms with E-state index in [0.717, 1.165) is 0 Å². The Balaban J connectivity index is 2.39. The first-order valence-corrected chi connectivity index (χ1v) is 4.85. The van der Waals surface area contributed by atoms with E-state index in [1.165, 1.54) is 0 Å². The summed E-state index contributed by atoms with van der Waals surface area (Å²) in [7, 11) is 0. The van der Waals surface area contributed by atoms with Gasteiger partial charge in [0, 0.05) is 6.54 Å².